The van der Waals surface area contributed by atoms with Crippen molar-refractivity contribution in [1.82, 2.24) is 14.2 Å². The van der Waals surface area contributed by atoms with E-state index in [0.717, 1.165) is 4.31 Å². The van der Waals surface area contributed by atoms with Gasteiger partial charge in [-0.3, -0.25) is 4.79 Å². The predicted octanol–water partition coefficient (Wildman–Crippen LogP) is 3.41. The first-order valence-corrected chi connectivity index (χ1v) is 12.4. The lowest BCUT2D eigenvalue weighted by Crippen LogP contribution is -2.48. The number of rotatable bonds is 5. The summed E-state index contributed by atoms with van der Waals surface area (Å²) < 4.78 is 67.4. The summed E-state index contributed by atoms with van der Waals surface area (Å²) in [5, 5.41) is 0.657. The van der Waals surface area contributed by atoms with E-state index in [1.807, 2.05) is 4.90 Å². The lowest BCUT2D eigenvalue weighted by atomic mass is 10.2. The van der Waals surface area contributed by atoms with Gasteiger partial charge in [0.05, 0.1) is 15.1 Å². The van der Waals surface area contributed by atoms with Gasteiger partial charge in [0.25, 0.3) is 5.91 Å². The van der Waals surface area contributed by atoms with E-state index in [1.165, 1.54) is 67.9 Å². The molecule has 182 valence electrons. The van der Waals surface area contributed by atoms with Crippen molar-refractivity contribution in [2.45, 2.75) is 11.3 Å². The number of halogens is 3. The second kappa shape index (κ2) is 9.04. The molecule has 13 heteroatoms. The van der Waals surface area contributed by atoms with Gasteiger partial charge in [-0.1, -0.05) is 11.3 Å². The molecule has 3 aromatic rings. The Morgan fingerprint density at radius 3 is 2.29 bits per heavy atom. The van der Waals surface area contributed by atoms with Gasteiger partial charge in [0.2, 0.25) is 10.0 Å². The Balaban J connectivity index is 1.41. The average Bonchev–Trinajstić information content (AvgIpc) is 3.21. The predicted molar refractivity (Wildman–Crippen MR) is 122 cm³/mol. The zero-order valence-electron chi connectivity index (χ0n) is 18.2. The number of carbonyl (C=O) groups is 1. The molecule has 0 radical (unpaired) electrons. The van der Waals surface area contributed by atoms with Crippen LogP contribution in [0.3, 0.4) is 0 Å². The second-order valence-corrected chi connectivity index (χ2v) is 10.9. The summed E-state index contributed by atoms with van der Waals surface area (Å²) in [5.74, 6) is -0.498. The highest BCUT2D eigenvalue weighted by molar-refractivity contribution is 7.89. The standard InChI is InChI=1S/C21H21F3N4O4S2/c1-26(2)34(30,31)16-6-3-14(4-7-16)19(29)27-9-11-28(12-10-27)20-25-17-8-5-15(13-18(17)33-20)32-21(22,23)24/h3-8,13H,9-12H2,1-2H3. The minimum Gasteiger partial charge on any atom is -0.406 e. The Labute approximate surface area is 198 Å². The molecule has 1 amide bonds. The Morgan fingerprint density at radius 1 is 1.06 bits per heavy atom. The van der Waals surface area contributed by atoms with Crippen molar-refractivity contribution in [3.05, 3.63) is 48.0 Å². The Bertz CT molecular complexity index is 1300. The number of ether oxygens (including phenoxy) is 1. The number of piperazine rings is 1. The van der Waals surface area contributed by atoms with Crippen molar-refractivity contribution >= 4 is 42.6 Å². The van der Waals surface area contributed by atoms with E-state index >= 15 is 0 Å². The number of aromatic nitrogens is 1. The molecule has 0 saturated carbocycles. The van der Waals surface area contributed by atoms with Gasteiger partial charge in [0.1, 0.15) is 5.75 Å². The average molecular weight is 515 g/mol. The highest BCUT2D eigenvalue weighted by Crippen LogP contribution is 2.33. The first kappa shape index (κ1) is 24.2. The minimum atomic E-state index is -4.76. The molecule has 0 unspecified atom stereocenters. The number of sulfonamides is 1. The lowest BCUT2D eigenvalue weighted by Gasteiger charge is -2.34. The van der Waals surface area contributed by atoms with Crippen LogP contribution < -0.4 is 9.64 Å². The van der Waals surface area contributed by atoms with Crippen LogP contribution in [0.4, 0.5) is 18.3 Å². The lowest BCUT2D eigenvalue weighted by molar-refractivity contribution is -0.274. The quantitative estimate of drug-likeness (QED) is 0.519. The van der Waals surface area contributed by atoms with E-state index in [1.54, 1.807) is 4.90 Å². The minimum absolute atomic E-state index is 0.110. The maximum atomic E-state index is 12.9. The van der Waals surface area contributed by atoms with Gasteiger partial charge < -0.3 is 14.5 Å². The Kier molecular flexibility index (Phi) is 6.44. The van der Waals surface area contributed by atoms with Crippen LogP contribution in [0.5, 0.6) is 5.75 Å². The molecule has 1 aromatic heterocycles. The van der Waals surface area contributed by atoms with E-state index in [-0.39, 0.29) is 16.6 Å². The van der Waals surface area contributed by atoms with E-state index in [9.17, 15) is 26.4 Å². The van der Waals surface area contributed by atoms with Crippen molar-refractivity contribution in [3.63, 3.8) is 0 Å². The number of nitrogens with zero attached hydrogens (tertiary/aromatic N) is 4. The first-order chi connectivity index (χ1) is 15.9. The molecule has 1 saturated heterocycles. The topological polar surface area (TPSA) is 83.1 Å². The molecule has 0 N–H and O–H groups in total. The van der Waals surface area contributed by atoms with Crippen LogP contribution in [-0.4, -0.2) is 75.2 Å². The first-order valence-electron chi connectivity index (χ1n) is 10.2. The highest BCUT2D eigenvalue weighted by Gasteiger charge is 2.31. The highest BCUT2D eigenvalue weighted by atomic mass is 32.2. The summed E-state index contributed by atoms with van der Waals surface area (Å²) in [7, 11) is -0.695. The normalized spacial score (nSPS) is 15.2. The number of thiazole rings is 1. The number of amides is 1. The number of benzene rings is 2. The number of anilines is 1. The molecule has 0 aliphatic carbocycles. The number of alkyl halides is 3. The molecule has 2 heterocycles. The number of carbonyl (C=O) groups excluding carboxylic acids is 1. The molecule has 2 aromatic carbocycles. The van der Waals surface area contributed by atoms with E-state index in [0.29, 0.717) is 47.1 Å². The van der Waals surface area contributed by atoms with Gasteiger partial charge in [-0.25, -0.2) is 17.7 Å². The van der Waals surface area contributed by atoms with Gasteiger partial charge >= 0.3 is 6.36 Å². The summed E-state index contributed by atoms with van der Waals surface area (Å²) in [6.45, 7) is 1.86. The zero-order chi connectivity index (χ0) is 24.7. The van der Waals surface area contributed by atoms with Crippen LogP contribution >= 0.6 is 11.3 Å². The molecule has 1 aliphatic rings. The monoisotopic (exact) mass is 514 g/mol. The van der Waals surface area contributed by atoms with Crippen molar-refractivity contribution in [1.29, 1.82) is 0 Å². The summed E-state index contributed by atoms with van der Waals surface area (Å²) in [4.78, 5) is 21.1. The van der Waals surface area contributed by atoms with E-state index < -0.39 is 16.4 Å². The summed E-state index contributed by atoms with van der Waals surface area (Å²) in [6.07, 6.45) is -4.76. The van der Waals surface area contributed by atoms with Gasteiger partial charge in [-0.2, -0.15) is 0 Å². The van der Waals surface area contributed by atoms with Gasteiger partial charge in [-0.15, -0.1) is 13.2 Å². The molecular weight excluding hydrogens is 493 g/mol. The molecule has 4 rings (SSSR count). The third-order valence-electron chi connectivity index (χ3n) is 5.30. The van der Waals surface area contributed by atoms with Crippen LogP contribution in [0, 0.1) is 0 Å². The van der Waals surface area contributed by atoms with Crippen LogP contribution in [0.1, 0.15) is 10.4 Å². The third kappa shape index (κ3) is 5.10. The third-order valence-corrected chi connectivity index (χ3v) is 8.21. The zero-order valence-corrected chi connectivity index (χ0v) is 19.9. The van der Waals surface area contributed by atoms with Crippen molar-refractivity contribution < 1.29 is 31.1 Å². The SMILES string of the molecule is CN(C)S(=O)(=O)c1ccc(C(=O)N2CCN(c3nc4ccc(OC(F)(F)F)cc4s3)CC2)cc1. The largest absolute Gasteiger partial charge is 0.573 e. The fraction of sp³-hybridized carbons (Fsp3) is 0.333. The molecule has 0 spiro atoms. The van der Waals surface area contributed by atoms with E-state index in [4.69, 9.17) is 0 Å². The Hall–Kier alpha value is -2.90. The molecule has 34 heavy (non-hydrogen) atoms. The van der Waals surface area contributed by atoms with Gasteiger partial charge in [0.15, 0.2) is 5.13 Å². The maximum Gasteiger partial charge on any atom is 0.573 e. The number of fused-ring (bicyclic) bond motifs is 1. The fourth-order valence-corrected chi connectivity index (χ4v) is 5.44. The molecule has 0 atom stereocenters. The number of hydrogen-bond acceptors (Lipinski definition) is 7. The molecule has 1 fully saturated rings. The van der Waals surface area contributed by atoms with E-state index in [2.05, 4.69) is 9.72 Å². The smallest absolute Gasteiger partial charge is 0.406 e. The fourth-order valence-electron chi connectivity index (χ4n) is 3.49. The maximum absolute atomic E-state index is 12.9. The van der Waals surface area contributed by atoms with Crippen LogP contribution in [0.2, 0.25) is 0 Å². The summed E-state index contributed by atoms with van der Waals surface area (Å²) in [5.41, 5.74) is 0.962. The summed E-state index contributed by atoms with van der Waals surface area (Å²) in [6, 6.07) is 9.84. The van der Waals surface area contributed by atoms with Crippen LogP contribution in [0.25, 0.3) is 10.2 Å². The van der Waals surface area contributed by atoms with Gasteiger partial charge in [-0.05, 0) is 36.4 Å². The molecule has 8 nitrogen and oxygen atoms in total. The number of hydrogen-bond donors (Lipinski definition) is 0. The Morgan fingerprint density at radius 2 is 1.71 bits per heavy atom. The molecular formula is C21H21F3N4O4S2. The van der Waals surface area contributed by atoms with Crippen molar-refractivity contribution in [2.24, 2.45) is 0 Å². The van der Waals surface area contributed by atoms with Crippen LogP contribution in [-0.2, 0) is 10.0 Å². The van der Waals surface area contributed by atoms with Gasteiger partial charge in [0, 0.05) is 51.9 Å². The van der Waals surface area contributed by atoms with Crippen LogP contribution in [0.15, 0.2) is 47.4 Å². The molecule has 1 aliphatic heterocycles. The second-order valence-electron chi connectivity index (χ2n) is 7.76. The van der Waals surface area contributed by atoms with Crippen molar-refractivity contribution in [2.75, 3.05) is 45.2 Å². The summed E-state index contributed by atoms with van der Waals surface area (Å²) >= 11 is 1.26. The van der Waals surface area contributed by atoms with Crippen molar-refractivity contribution in [3.8, 4) is 5.75 Å². The molecule has 0 bridgehead atoms.